The van der Waals surface area contributed by atoms with Gasteiger partial charge in [-0.05, 0) is 36.4 Å². The Morgan fingerprint density at radius 3 is 2.56 bits per heavy atom. The molecule has 0 atom stereocenters. The highest BCUT2D eigenvalue weighted by Crippen LogP contribution is 2.24. The molecule has 1 heterocycles. The quantitative estimate of drug-likeness (QED) is 0.452. The van der Waals surface area contributed by atoms with E-state index >= 15 is 0 Å². The summed E-state index contributed by atoms with van der Waals surface area (Å²) in [7, 11) is 1.59. The van der Waals surface area contributed by atoms with Crippen LogP contribution in [-0.4, -0.2) is 29.5 Å². The van der Waals surface area contributed by atoms with Gasteiger partial charge in [0.25, 0.3) is 0 Å². The van der Waals surface area contributed by atoms with E-state index < -0.39 is 0 Å². The lowest BCUT2D eigenvalue weighted by atomic mass is 10.1. The van der Waals surface area contributed by atoms with E-state index in [4.69, 9.17) is 4.74 Å². The molecule has 3 aromatic rings. The van der Waals surface area contributed by atoms with Gasteiger partial charge in [0.15, 0.2) is 10.1 Å². The molecule has 0 spiro atoms. The molecule has 0 radical (unpaired) electrons. The van der Waals surface area contributed by atoms with E-state index in [0.717, 1.165) is 15.8 Å². The number of ketones is 1. The molecule has 0 saturated heterocycles. The molecule has 1 N–H and O–H groups in total. The van der Waals surface area contributed by atoms with Crippen molar-refractivity contribution in [1.29, 1.82) is 0 Å². The Kier molecular flexibility index (Phi) is 6.62. The first-order valence-electron chi connectivity index (χ1n) is 8.23. The van der Waals surface area contributed by atoms with Gasteiger partial charge in [-0.3, -0.25) is 9.59 Å². The third-order valence-electron chi connectivity index (χ3n) is 3.67. The number of aromatic nitrogens is 1. The van der Waals surface area contributed by atoms with Crippen molar-refractivity contribution in [3.8, 4) is 5.75 Å². The average molecular weight is 399 g/mol. The zero-order valence-corrected chi connectivity index (χ0v) is 16.3. The van der Waals surface area contributed by atoms with Gasteiger partial charge in [0, 0.05) is 16.6 Å². The van der Waals surface area contributed by atoms with Gasteiger partial charge in [-0.2, -0.15) is 0 Å². The molecule has 2 aromatic carbocycles. The third-order valence-corrected chi connectivity index (χ3v) is 5.74. The summed E-state index contributed by atoms with van der Waals surface area (Å²) in [6, 6.07) is 16.4. The molecule has 0 saturated carbocycles. The standard InChI is InChI=1S/C20H18N2O3S2/c1-25-17-9-7-14(8-10-17)18(23)13-27-20-22-16(12-26-20)11-19(24)21-15-5-3-2-4-6-15/h2-10,12H,11,13H2,1H3,(H,21,24). The molecule has 0 unspecified atom stereocenters. The predicted octanol–water partition coefficient (Wildman–Crippen LogP) is 4.31. The molecule has 1 amide bonds. The minimum atomic E-state index is -0.114. The highest BCUT2D eigenvalue weighted by Gasteiger charge is 2.11. The second-order valence-corrected chi connectivity index (χ2v) is 7.72. The van der Waals surface area contributed by atoms with Crippen molar-refractivity contribution in [3.05, 3.63) is 71.2 Å². The normalized spacial score (nSPS) is 10.4. The minimum absolute atomic E-state index is 0.0289. The van der Waals surface area contributed by atoms with E-state index in [9.17, 15) is 9.59 Å². The van der Waals surface area contributed by atoms with Crippen molar-refractivity contribution in [2.45, 2.75) is 10.8 Å². The number of benzene rings is 2. The van der Waals surface area contributed by atoms with Gasteiger partial charge in [-0.15, -0.1) is 11.3 Å². The number of amides is 1. The lowest BCUT2D eigenvalue weighted by Crippen LogP contribution is -2.14. The van der Waals surface area contributed by atoms with Crippen molar-refractivity contribution in [3.63, 3.8) is 0 Å². The zero-order chi connectivity index (χ0) is 19.1. The second kappa shape index (κ2) is 9.34. The number of carbonyl (C=O) groups is 2. The van der Waals surface area contributed by atoms with Crippen LogP contribution >= 0.6 is 23.1 Å². The molecular formula is C20H18N2O3S2. The molecule has 0 bridgehead atoms. The number of ether oxygens (including phenoxy) is 1. The van der Waals surface area contributed by atoms with Crippen LogP contribution in [0.4, 0.5) is 5.69 Å². The van der Waals surface area contributed by atoms with Crippen LogP contribution < -0.4 is 10.1 Å². The maximum Gasteiger partial charge on any atom is 0.230 e. The lowest BCUT2D eigenvalue weighted by molar-refractivity contribution is -0.115. The predicted molar refractivity (Wildman–Crippen MR) is 109 cm³/mol. The topological polar surface area (TPSA) is 68.3 Å². The molecule has 138 valence electrons. The minimum Gasteiger partial charge on any atom is -0.497 e. The van der Waals surface area contributed by atoms with Gasteiger partial charge < -0.3 is 10.1 Å². The monoisotopic (exact) mass is 398 g/mol. The molecule has 1 aromatic heterocycles. The Morgan fingerprint density at radius 2 is 1.85 bits per heavy atom. The Hall–Kier alpha value is -2.64. The number of anilines is 1. The number of carbonyl (C=O) groups excluding carboxylic acids is 2. The second-order valence-electron chi connectivity index (χ2n) is 5.64. The van der Waals surface area contributed by atoms with E-state index in [1.165, 1.54) is 23.1 Å². The zero-order valence-electron chi connectivity index (χ0n) is 14.7. The highest BCUT2D eigenvalue weighted by atomic mass is 32.2. The number of thiazole rings is 1. The van der Waals surface area contributed by atoms with Gasteiger partial charge >= 0.3 is 0 Å². The Balaban J connectivity index is 1.50. The van der Waals surface area contributed by atoms with E-state index in [1.54, 1.807) is 31.4 Å². The van der Waals surface area contributed by atoms with Gasteiger partial charge in [-0.25, -0.2) is 4.98 Å². The largest absolute Gasteiger partial charge is 0.497 e. The van der Waals surface area contributed by atoms with Crippen LogP contribution in [0.1, 0.15) is 16.1 Å². The Labute approximate surface area is 165 Å². The van der Waals surface area contributed by atoms with Crippen molar-refractivity contribution >= 4 is 40.5 Å². The SMILES string of the molecule is COc1ccc(C(=O)CSc2nc(CC(=O)Nc3ccccc3)cs2)cc1. The number of Topliss-reactive ketones (excluding diaryl/α,β-unsaturated/α-hetero) is 1. The highest BCUT2D eigenvalue weighted by molar-refractivity contribution is 8.01. The number of nitrogens with one attached hydrogen (secondary N) is 1. The van der Waals surface area contributed by atoms with E-state index in [1.807, 2.05) is 35.7 Å². The van der Waals surface area contributed by atoms with Crippen LogP contribution in [0, 0.1) is 0 Å². The van der Waals surface area contributed by atoms with E-state index in [-0.39, 0.29) is 18.1 Å². The molecule has 0 aliphatic carbocycles. The smallest absolute Gasteiger partial charge is 0.230 e. The van der Waals surface area contributed by atoms with Gasteiger partial charge in [-0.1, -0.05) is 30.0 Å². The van der Waals surface area contributed by atoms with Crippen molar-refractivity contribution < 1.29 is 14.3 Å². The maximum absolute atomic E-state index is 12.3. The molecule has 0 aliphatic rings. The van der Waals surface area contributed by atoms with Crippen LogP contribution in [0.25, 0.3) is 0 Å². The molecule has 5 nitrogen and oxygen atoms in total. The summed E-state index contributed by atoms with van der Waals surface area (Å²) < 4.78 is 5.87. The average Bonchev–Trinajstić information content (AvgIpc) is 3.14. The molecular weight excluding hydrogens is 380 g/mol. The fourth-order valence-corrected chi connectivity index (χ4v) is 4.05. The number of hydrogen-bond acceptors (Lipinski definition) is 6. The number of thioether (sulfide) groups is 1. The van der Waals surface area contributed by atoms with E-state index in [0.29, 0.717) is 17.0 Å². The Bertz CT molecular complexity index is 908. The number of rotatable bonds is 8. The number of methoxy groups -OCH3 is 1. The first-order valence-corrected chi connectivity index (χ1v) is 10.1. The van der Waals surface area contributed by atoms with Crippen LogP contribution in [0.3, 0.4) is 0 Å². The van der Waals surface area contributed by atoms with E-state index in [2.05, 4.69) is 10.3 Å². The van der Waals surface area contributed by atoms with Gasteiger partial charge in [0.2, 0.25) is 5.91 Å². The summed E-state index contributed by atoms with van der Waals surface area (Å²) in [4.78, 5) is 28.8. The molecule has 0 fully saturated rings. The summed E-state index contributed by atoms with van der Waals surface area (Å²) in [5, 5.41) is 4.69. The summed E-state index contributed by atoms with van der Waals surface area (Å²) in [5.41, 5.74) is 2.10. The summed E-state index contributed by atoms with van der Waals surface area (Å²) in [6.07, 6.45) is 0.207. The molecule has 3 rings (SSSR count). The van der Waals surface area contributed by atoms with Gasteiger partial charge in [0.05, 0.1) is 25.0 Å². The maximum atomic E-state index is 12.3. The van der Waals surface area contributed by atoms with Crippen LogP contribution in [0.5, 0.6) is 5.75 Å². The molecule has 27 heavy (non-hydrogen) atoms. The fraction of sp³-hybridized carbons (Fsp3) is 0.150. The van der Waals surface area contributed by atoms with Crippen molar-refractivity contribution in [1.82, 2.24) is 4.98 Å². The third kappa shape index (κ3) is 5.67. The van der Waals surface area contributed by atoms with Crippen molar-refractivity contribution in [2.24, 2.45) is 0 Å². The molecule has 0 aliphatic heterocycles. The molecule has 7 heteroatoms. The number of nitrogens with zero attached hydrogens (tertiary/aromatic N) is 1. The number of para-hydroxylation sites is 1. The number of hydrogen-bond donors (Lipinski definition) is 1. The van der Waals surface area contributed by atoms with Crippen LogP contribution in [-0.2, 0) is 11.2 Å². The summed E-state index contributed by atoms with van der Waals surface area (Å²) in [6.45, 7) is 0. The van der Waals surface area contributed by atoms with Crippen LogP contribution in [0.2, 0.25) is 0 Å². The van der Waals surface area contributed by atoms with Crippen LogP contribution in [0.15, 0.2) is 64.3 Å². The van der Waals surface area contributed by atoms with Crippen molar-refractivity contribution in [2.75, 3.05) is 18.2 Å². The summed E-state index contributed by atoms with van der Waals surface area (Å²) >= 11 is 2.82. The fourth-order valence-electron chi connectivity index (χ4n) is 2.31. The van der Waals surface area contributed by atoms with Gasteiger partial charge in [0.1, 0.15) is 5.75 Å². The Morgan fingerprint density at radius 1 is 1.11 bits per heavy atom. The first kappa shape index (κ1) is 19.1. The lowest BCUT2D eigenvalue weighted by Gasteiger charge is -2.03. The first-order chi connectivity index (χ1) is 13.1. The summed E-state index contributed by atoms with van der Waals surface area (Å²) in [5.74, 6) is 0.936.